The number of allylic oxidation sites excluding steroid dienone is 2. The minimum Gasteiger partial charge on any atom is -0.508 e. The van der Waals surface area contributed by atoms with Crippen LogP contribution in [0.1, 0.15) is 58.9 Å². The van der Waals surface area contributed by atoms with E-state index in [9.17, 15) is 14.7 Å². The third kappa shape index (κ3) is 2.27. The van der Waals surface area contributed by atoms with E-state index in [2.05, 4.69) is 27.7 Å². The maximum Gasteiger partial charge on any atom is 0.316 e. The number of esters is 1. The molecule has 2 saturated heterocycles. The summed E-state index contributed by atoms with van der Waals surface area (Å²) in [5, 5.41) is 9.74. The Morgan fingerprint density at radius 2 is 1.79 bits per heavy atom. The number of benzene rings is 1. The number of carbonyl (C=O) groups is 2. The van der Waals surface area contributed by atoms with E-state index in [-0.39, 0.29) is 47.5 Å². The van der Waals surface area contributed by atoms with E-state index in [0.717, 1.165) is 12.8 Å². The predicted octanol–water partition coefficient (Wildman–Crippen LogP) is 4.70. The van der Waals surface area contributed by atoms with Gasteiger partial charge in [-0.15, -0.1) is 0 Å². The molecule has 5 heteroatoms. The molecule has 0 amide bonds. The van der Waals surface area contributed by atoms with Crippen LogP contribution in [0.25, 0.3) is 0 Å². The second-order valence-corrected chi connectivity index (χ2v) is 11.4. The van der Waals surface area contributed by atoms with E-state index in [1.807, 2.05) is 19.1 Å². The molecule has 2 heterocycles. The highest BCUT2D eigenvalue weighted by molar-refractivity contribution is 6.00. The van der Waals surface area contributed by atoms with Gasteiger partial charge in [0, 0.05) is 22.7 Å². The molecule has 1 aromatic carbocycles. The molecule has 0 bridgehead atoms. The molecule has 1 N–H and O–H groups in total. The molecule has 3 aliphatic carbocycles. The van der Waals surface area contributed by atoms with E-state index in [1.165, 1.54) is 16.7 Å². The van der Waals surface area contributed by atoms with Crippen LogP contribution in [0, 0.1) is 28.1 Å². The van der Waals surface area contributed by atoms with E-state index in [0.29, 0.717) is 0 Å². The second kappa shape index (κ2) is 6.38. The number of hydrogen-bond donors (Lipinski definition) is 1. The second-order valence-electron chi connectivity index (χ2n) is 11.4. The van der Waals surface area contributed by atoms with E-state index >= 15 is 0 Å². The van der Waals surface area contributed by atoms with Crippen LogP contribution in [0.4, 0.5) is 0 Å². The molecule has 2 aliphatic heterocycles. The number of phenols is 1. The van der Waals surface area contributed by atoms with E-state index in [4.69, 9.17) is 9.47 Å². The number of ether oxygens (including phenoxy) is 2. The quantitative estimate of drug-likeness (QED) is 0.524. The number of phenolic OH excluding ortho intramolecular Hbond substituents is 1. The summed E-state index contributed by atoms with van der Waals surface area (Å²) in [5.74, 6) is 0.165. The summed E-state index contributed by atoms with van der Waals surface area (Å²) < 4.78 is 12.9. The first kappa shape index (κ1) is 21.2. The fraction of sp³-hybridized carbons (Fsp3) is 0.571. The van der Waals surface area contributed by atoms with Crippen molar-refractivity contribution in [3.05, 3.63) is 53.1 Å². The first-order chi connectivity index (χ1) is 15.6. The summed E-state index contributed by atoms with van der Waals surface area (Å²) >= 11 is 0. The van der Waals surface area contributed by atoms with Crippen LogP contribution in [0.5, 0.6) is 5.75 Å². The van der Waals surface area contributed by atoms with Gasteiger partial charge in [-0.1, -0.05) is 51.0 Å². The van der Waals surface area contributed by atoms with Crippen molar-refractivity contribution in [2.45, 2.75) is 71.7 Å². The van der Waals surface area contributed by atoms with Gasteiger partial charge in [0.15, 0.2) is 5.78 Å². The Hall–Kier alpha value is -2.40. The van der Waals surface area contributed by atoms with Crippen molar-refractivity contribution in [3.63, 3.8) is 0 Å². The van der Waals surface area contributed by atoms with Crippen LogP contribution >= 0.6 is 0 Å². The van der Waals surface area contributed by atoms with Gasteiger partial charge in [-0.3, -0.25) is 9.59 Å². The highest BCUT2D eigenvalue weighted by Gasteiger charge is 2.77. The van der Waals surface area contributed by atoms with Gasteiger partial charge in [-0.25, -0.2) is 0 Å². The Labute approximate surface area is 194 Å². The number of rotatable bonds is 2. The number of ketones is 1. The van der Waals surface area contributed by atoms with Crippen LogP contribution in [0.15, 0.2) is 47.6 Å². The summed E-state index contributed by atoms with van der Waals surface area (Å²) in [7, 11) is 0. The first-order valence-corrected chi connectivity index (χ1v) is 12.2. The van der Waals surface area contributed by atoms with Gasteiger partial charge >= 0.3 is 5.97 Å². The summed E-state index contributed by atoms with van der Waals surface area (Å²) in [5.41, 5.74) is 1.88. The third-order valence-electron chi connectivity index (χ3n) is 10.1. The van der Waals surface area contributed by atoms with Gasteiger partial charge in [0.2, 0.25) is 0 Å². The number of fused-ring (bicyclic) bond motifs is 4. The highest BCUT2D eigenvalue weighted by atomic mass is 16.6. The molecule has 0 spiro atoms. The summed E-state index contributed by atoms with van der Waals surface area (Å²) in [6, 6.07) is 7.44. The van der Waals surface area contributed by atoms with Crippen molar-refractivity contribution in [2.24, 2.45) is 28.1 Å². The van der Waals surface area contributed by atoms with Crippen molar-refractivity contribution in [1.29, 1.82) is 0 Å². The summed E-state index contributed by atoms with van der Waals surface area (Å²) in [6.07, 6.45) is 4.35. The molecule has 3 fully saturated rings. The molecule has 1 aromatic rings. The molecule has 0 aromatic heterocycles. The van der Waals surface area contributed by atoms with Crippen LogP contribution in [0.2, 0.25) is 0 Å². The van der Waals surface area contributed by atoms with Crippen molar-refractivity contribution in [3.8, 4) is 5.75 Å². The minimum absolute atomic E-state index is 0.0380. The molecular weight excluding hydrogens is 416 g/mol. The predicted molar refractivity (Wildman–Crippen MR) is 122 cm³/mol. The fourth-order valence-electron chi connectivity index (χ4n) is 8.81. The molecule has 0 radical (unpaired) electrons. The molecular formula is C28H32O5. The lowest BCUT2D eigenvalue weighted by molar-refractivity contribution is -0.186. The minimum atomic E-state index is -0.791. The molecule has 0 unspecified atom stereocenters. The molecule has 5 aliphatic rings. The van der Waals surface area contributed by atoms with Gasteiger partial charge in [0.1, 0.15) is 18.0 Å². The SMILES string of the molecule is CC[C@H]1[C@]2(C)C3=C(C)[C@H](c4ccc(O)cc4)C[C@H]3O[C@@H]2[C@@H]2OC(=O)[C@]3(C)C=CC(=O)[C@@]1(C)[C@@H]23. The lowest BCUT2D eigenvalue weighted by Gasteiger charge is -2.59. The summed E-state index contributed by atoms with van der Waals surface area (Å²) in [6.45, 7) is 10.6. The maximum absolute atomic E-state index is 13.6. The monoisotopic (exact) mass is 448 g/mol. The average Bonchev–Trinajstić information content (AvgIpc) is 3.35. The Balaban J connectivity index is 1.53. The zero-order valence-electron chi connectivity index (χ0n) is 19.9. The molecule has 1 saturated carbocycles. The normalized spacial score (nSPS) is 47.4. The number of aromatic hydroxyl groups is 1. The lowest BCUT2D eigenvalue weighted by atomic mass is 9.42. The van der Waals surface area contributed by atoms with Crippen LogP contribution in [-0.4, -0.2) is 35.2 Å². The largest absolute Gasteiger partial charge is 0.508 e. The zero-order valence-corrected chi connectivity index (χ0v) is 19.9. The maximum atomic E-state index is 13.6. The topological polar surface area (TPSA) is 72.8 Å². The van der Waals surface area contributed by atoms with Crippen molar-refractivity contribution >= 4 is 11.8 Å². The lowest BCUT2D eigenvalue weighted by Crippen LogP contribution is -2.65. The van der Waals surface area contributed by atoms with Gasteiger partial charge < -0.3 is 14.6 Å². The molecule has 174 valence electrons. The molecule has 5 nitrogen and oxygen atoms in total. The van der Waals surface area contributed by atoms with E-state index < -0.39 is 22.3 Å². The van der Waals surface area contributed by atoms with Crippen LogP contribution in [0.3, 0.4) is 0 Å². The summed E-state index contributed by atoms with van der Waals surface area (Å²) in [4.78, 5) is 26.7. The zero-order chi connectivity index (χ0) is 23.5. The molecule has 33 heavy (non-hydrogen) atoms. The van der Waals surface area contributed by atoms with Gasteiger partial charge in [-0.2, -0.15) is 0 Å². The molecule has 9 atom stereocenters. The Kier molecular flexibility index (Phi) is 4.09. The van der Waals surface area contributed by atoms with Crippen molar-refractivity contribution in [2.75, 3.05) is 0 Å². The van der Waals surface area contributed by atoms with Crippen molar-refractivity contribution < 1.29 is 24.2 Å². The number of carbonyl (C=O) groups excluding carboxylic acids is 2. The third-order valence-corrected chi connectivity index (χ3v) is 10.1. The smallest absolute Gasteiger partial charge is 0.316 e. The Bertz CT molecular complexity index is 1130. The molecule has 6 rings (SSSR count). The fourth-order valence-corrected chi connectivity index (χ4v) is 8.81. The van der Waals surface area contributed by atoms with Gasteiger partial charge in [0.25, 0.3) is 0 Å². The van der Waals surface area contributed by atoms with Gasteiger partial charge in [0.05, 0.1) is 11.5 Å². The van der Waals surface area contributed by atoms with Crippen LogP contribution < -0.4 is 0 Å². The van der Waals surface area contributed by atoms with Crippen molar-refractivity contribution in [1.82, 2.24) is 0 Å². The standard InChI is InChI=1S/C28H32O5/c1-6-19-27(4)20(30)11-12-26(3)23(27)22(33-25(26)31)24-28(19,5)21-14(2)17(13-18(21)32-24)15-7-9-16(29)10-8-15/h7-12,17-19,22-24,29H,6,13H2,1-5H3/t17-,18-,19-,22-,23+,24-,26-,27+,28-/m1/s1. The number of hydrogen-bond acceptors (Lipinski definition) is 5. The average molecular weight is 449 g/mol. The van der Waals surface area contributed by atoms with Crippen LogP contribution in [-0.2, 0) is 19.1 Å². The Morgan fingerprint density at radius 1 is 1.09 bits per heavy atom. The Morgan fingerprint density at radius 3 is 2.45 bits per heavy atom. The van der Waals surface area contributed by atoms with E-state index in [1.54, 1.807) is 24.3 Å². The first-order valence-electron chi connectivity index (χ1n) is 12.2. The highest BCUT2D eigenvalue weighted by Crippen LogP contribution is 2.71. The van der Waals surface area contributed by atoms with Gasteiger partial charge in [-0.05, 0) is 55.5 Å².